The molecule has 0 bridgehead atoms. The SMILES string of the molecule is c1ccc(N=C2Nc3ccc(-c4ccc(-c5ccc6c7c(cccc57)C(=Nc5ccccn5)N6)cc4)c4cccc2c34)nc1. The predicted octanol–water partition coefficient (Wildman–Crippen LogP) is 9.12. The van der Waals surface area contributed by atoms with Gasteiger partial charge in [0.05, 0.1) is 0 Å². The molecule has 6 heteroatoms. The molecule has 0 amide bonds. The molecule has 6 nitrogen and oxygen atoms in total. The van der Waals surface area contributed by atoms with Crippen LogP contribution in [0, 0.1) is 0 Å². The van der Waals surface area contributed by atoms with Crippen LogP contribution >= 0.6 is 0 Å². The van der Waals surface area contributed by atoms with Crippen LogP contribution in [0.2, 0.25) is 0 Å². The van der Waals surface area contributed by atoms with E-state index < -0.39 is 0 Å². The number of benzene rings is 5. The summed E-state index contributed by atoms with van der Waals surface area (Å²) >= 11 is 0. The van der Waals surface area contributed by atoms with Gasteiger partial charge in [0.15, 0.2) is 11.6 Å². The first kappa shape index (κ1) is 24.5. The molecular formula is C38H24N6. The van der Waals surface area contributed by atoms with E-state index in [0.29, 0.717) is 11.6 Å². The molecule has 0 unspecified atom stereocenters. The van der Waals surface area contributed by atoms with E-state index in [2.05, 4.69) is 106 Å². The Bertz CT molecular complexity index is 2140. The van der Waals surface area contributed by atoms with Crippen LogP contribution in [-0.2, 0) is 0 Å². The summed E-state index contributed by atoms with van der Waals surface area (Å²) < 4.78 is 0. The van der Waals surface area contributed by atoms with Crippen molar-refractivity contribution in [2.24, 2.45) is 9.98 Å². The van der Waals surface area contributed by atoms with Crippen LogP contribution < -0.4 is 10.6 Å². The summed E-state index contributed by atoms with van der Waals surface area (Å²) in [6.45, 7) is 0. The quantitative estimate of drug-likeness (QED) is 0.224. The minimum atomic E-state index is 0.686. The molecule has 2 aliphatic rings. The van der Waals surface area contributed by atoms with E-state index in [-0.39, 0.29) is 0 Å². The second-order valence-electron chi connectivity index (χ2n) is 10.9. The van der Waals surface area contributed by atoms with Gasteiger partial charge in [-0.25, -0.2) is 20.0 Å². The lowest BCUT2D eigenvalue weighted by Crippen LogP contribution is -2.06. The molecule has 0 radical (unpaired) electrons. The summed E-state index contributed by atoms with van der Waals surface area (Å²) in [6, 6.07) is 41.9. The van der Waals surface area contributed by atoms with E-state index in [1.807, 2.05) is 36.4 Å². The van der Waals surface area contributed by atoms with E-state index in [4.69, 9.17) is 9.98 Å². The van der Waals surface area contributed by atoms with Crippen molar-refractivity contribution >= 4 is 56.2 Å². The summed E-state index contributed by atoms with van der Waals surface area (Å²) in [5.41, 5.74) is 9.05. The number of hydrogen-bond donors (Lipinski definition) is 2. The van der Waals surface area contributed by atoms with E-state index in [9.17, 15) is 0 Å². The molecule has 0 spiro atoms. The molecule has 0 saturated heterocycles. The van der Waals surface area contributed by atoms with Gasteiger partial charge in [-0.05, 0) is 69.4 Å². The van der Waals surface area contributed by atoms with Crippen LogP contribution in [0.15, 0.2) is 144 Å². The third-order valence-corrected chi connectivity index (χ3v) is 8.36. The van der Waals surface area contributed by atoms with Crippen molar-refractivity contribution in [3.05, 3.63) is 145 Å². The van der Waals surface area contributed by atoms with Crippen LogP contribution in [0.3, 0.4) is 0 Å². The van der Waals surface area contributed by atoms with Gasteiger partial charge in [0.1, 0.15) is 11.7 Å². The Morgan fingerprint density at radius 1 is 0.409 bits per heavy atom. The van der Waals surface area contributed by atoms with Crippen molar-refractivity contribution in [1.29, 1.82) is 0 Å². The lowest BCUT2D eigenvalue weighted by molar-refractivity contribution is 1.27. The molecule has 7 aromatic rings. The van der Waals surface area contributed by atoms with Gasteiger partial charge >= 0.3 is 0 Å². The molecule has 2 N–H and O–H groups in total. The smallest absolute Gasteiger partial charge is 0.154 e. The van der Waals surface area contributed by atoms with Gasteiger partial charge in [-0.15, -0.1) is 0 Å². The molecule has 0 aliphatic carbocycles. The lowest BCUT2D eigenvalue weighted by atomic mass is 9.92. The highest BCUT2D eigenvalue weighted by molar-refractivity contribution is 6.29. The van der Waals surface area contributed by atoms with Gasteiger partial charge < -0.3 is 10.6 Å². The van der Waals surface area contributed by atoms with Crippen LogP contribution in [-0.4, -0.2) is 21.6 Å². The normalized spacial score (nSPS) is 14.8. The number of nitrogens with one attached hydrogen (secondary N) is 2. The van der Waals surface area contributed by atoms with Gasteiger partial charge in [-0.1, -0.05) is 84.9 Å². The first-order valence-corrected chi connectivity index (χ1v) is 14.6. The van der Waals surface area contributed by atoms with Crippen molar-refractivity contribution < 1.29 is 0 Å². The van der Waals surface area contributed by atoms with Crippen LogP contribution in [0.25, 0.3) is 43.8 Å². The molecule has 2 aromatic heterocycles. The van der Waals surface area contributed by atoms with Crippen molar-refractivity contribution in [3.8, 4) is 22.3 Å². The summed E-state index contributed by atoms with van der Waals surface area (Å²) in [5, 5.41) is 11.8. The molecule has 9 rings (SSSR count). The van der Waals surface area contributed by atoms with E-state index in [1.165, 1.54) is 43.8 Å². The molecular weight excluding hydrogens is 540 g/mol. The Balaban J connectivity index is 1.09. The molecule has 0 saturated carbocycles. The monoisotopic (exact) mass is 564 g/mol. The number of anilines is 2. The fourth-order valence-corrected chi connectivity index (χ4v) is 6.38. The fourth-order valence-electron chi connectivity index (χ4n) is 6.38. The number of aromatic nitrogens is 2. The average molecular weight is 565 g/mol. The maximum atomic E-state index is 4.79. The average Bonchev–Trinajstić information content (AvgIpc) is 3.62. The maximum Gasteiger partial charge on any atom is 0.154 e. The number of aliphatic imine (C=N–C) groups is 2. The molecule has 4 heterocycles. The maximum absolute atomic E-state index is 4.79. The van der Waals surface area contributed by atoms with Crippen molar-refractivity contribution in [1.82, 2.24) is 9.97 Å². The molecule has 5 aromatic carbocycles. The molecule has 0 atom stereocenters. The third-order valence-electron chi connectivity index (χ3n) is 8.36. The zero-order valence-corrected chi connectivity index (χ0v) is 23.5. The van der Waals surface area contributed by atoms with E-state index >= 15 is 0 Å². The molecule has 2 aliphatic heterocycles. The van der Waals surface area contributed by atoms with E-state index in [1.54, 1.807) is 12.4 Å². The molecule has 44 heavy (non-hydrogen) atoms. The number of pyridine rings is 2. The first-order valence-electron chi connectivity index (χ1n) is 14.6. The third kappa shape index (κ3) is 3.89. The zero-order chi connectivity index (χ0) is 29.0. The minimum absolute atomic E-state index is 0.686. The summed E-state index contributed by atoms with van der Waals surface area (Å²) in [5.74, 6) is 3.02. The van der Waals surface area contributed by atoms with Gasteiger partial charge in [0, 0.05) is 45.7 Å². The Morgan fingerprint density at radius 3 is 1.32 bits per heavy atom. The van der Waals surface area contributed by atoms with Gasteiger partial charge in [-0.3, -0.25) is 0 Å². The second-order valence-corrected chi connectivity index (χ2v) is 10.9. The van der Waals surface area contributed by atoms with Crippen molar-refractivity contribution in [3.63, 3.8) is 0 Å². The topological polar surface area (TPSA) is 74.6 Å². The number of amidine groups is 2. The Morgan fingerprint density at radius 2 is 0.886 bits per heavy atom. The number of rotatable bonds is 4. The lowest BCUT2D eigenvalue weighted by Gasteiger charge is -2.11. The first-order chi connectivity index (χ1) is 21.8. The highest BCUT2D eigenvalue weighted by atomic mass is 15.1. The summed E-state index contributed by atoms with van der Waals surface area (Å²) in [6.07, 6.45) is 3.53. The van der Waals surface area contributed by atoms with E-state index in [0.717, 1.165) is 34.2 Å². The summed E-state index contributed by atoms with van der Waals surface area (Å²) in [4.78, 5) is 18.3. The predicted molar refractivity (Wildman–Crippen MR) is 180 cm³/mol. The van der Waals surface area contributed by atoms with Crippen molar-refractivity contribution in [2.45, 2.75) is 0 Å². The highest BCUT2D eigenvalue weighted by Gasteiger charge is 2.23. The van der Waals surface area contributed by atoms with Gasteiger partial charge in [0.25, 0.3) is 0 Å². The fraction of sp³-hybridized carbons (Fsp3) is 0. The minimum Gasteiger partial charge on any atom is -0.339 e. The largest absolute Gasteiger partial charge is 0.339 e. The Hall–Kier alpha value is -6.14. The number of hydrogen-bond acceptors (Lipinski definition) is 4. The molecule has 206 valence electrons. The Kier molecular flexibility index (Phi) is 5.40. The Labute approximate surface area is 253 Å². The molecule has 0 fully saturated rings. The highest BCUT2D eigenvalue weighted by Crippen LogP contribution is 2.42. The van der Waals surface area contributed by atoms with Gasteiger partial charge in [-0.2, -0.15) is 0 Å². The van der Waals surface area contributed by atoms with Crippen LogP contribution in [0.1, 0.15) is 11.1 Å². The zero-order valence-electron chi connectivity index (χ0n) is 23.5. The van der Waals surface area contributed by atoms with Crippen molar-refractivity contribution in [2.75, 3.05) is 10.6 Å². The van der Waals surface area contributed by atoms with Crippen LogP contribution in [0.5, 0.6) is 0 Å². The van der Waals surface area contributed by atoms with Crippen LogP contribution in [0.4, 0.5) is 23.0 Å². The summed E-state index contributed by atoms with van der Waals surface area (Å²) in [7, 11) is 0. The standard InChI is InChI=1S/C38H24N6/c1-3-21-39-33(11-1)43-37-29-9-5-7-27-25(17-19-31(41-37)35(27)29)23-13-15-24(16-14-23)26-18-20-32-36-28(26)8-6-10-30(36)38(42-32)44-34-12-2-4-22-40-34/h1-22H,(H,39,41,43)(H,40,42,44). The number of nitrogens with zero attached hydrogens (tertiary/aromatic N) is 4. The van der Waals surface area contributed by atoms with Gasteiger partial charge in [0.2, 0.25) is 0 Å². The second kappa shape index (κ2) is 9.71.